The number of aromatic nitrogens is 1. The topological polar surface area (TPSA) is 86.2 Å². The van der Waals surface area contributed by atoms with Gasteiger partial charge in [-0.3, -0.25) is 0 Å². The second kappa shape index (κ2) is 4.04. The zero-order valence-electron chi connectivity index (χ0n) is 8.18. The van der Waals surface area contributed by atoms with E-state index >= 15 is 0 Å². The first kappa shape index (κ1) is 11.4. The van der Waals surface area contributed by atoms with Crippen LogP contribution in [0.1, 0.15) is 5.69 Å². The second-order valence-corrected chi connectivity index (χ2v) is 5.56. The van der Waals surface area contributed by atoms with Gasteiger partial charge in [0, 0.05) is 22.9 Å². The number of nitrogens with zero attached hydrogens (tertiary/aromatic N) is 1. The third kappa shape index (κ3) is 2.52. The Bertz CT molecular complexity index is 621. The summed E-state index contributed by atoms with van der Waals surface area (Å²) in [6.45, 7) is 0. The lowest BCUT2D eigenvalue weighted by Gasteiger charge is -1.95. The van der Waals surface area contributed by atoms with Gasteiger partial charge in [-0.1, -0.05) is 16.8 Å². The summed E-state index contributed by atoms with van der Waals surface area (Å²) in [7, 11) is -3.48. The molecule has 2 N–H and O–H groups in total. The fourth-order valence-corrected chi connectivity index (χ4v) is 2.02. The molecule has 0 bridgehead atoms. The van der Waals surface area contributed by atoms with Crippen molar-refractivity contribution in [2.45, 2.75) is 6.42 Å². The molecule has 86 valence electrons. The monoisotopic (exact) mass is 260 g/mol. The number of hydrogen-bond donors (Lipinski definition) is 1. The highest BCUT2D eigenvalue weighted by Crippen LogP contribution is 2.22. The third-order valence-corrected chi connectivity index (χ3v) is 3.14. The number of rotatable bonds is 3. The lowest BCUT2D eigenvalue weighted by molar-refractivity contribution is 0.447. The van der Waals surface area contributed by atoms with Crippen LogP contribution in [0.3, 0.4) is 0 Å². The molecule has 5 nitrogen and oxygen atoms in total. The Hall–Kier alpha value is -1.11. The Labute approximate surface area is 97.2 Å². The van der Waals surface area contributed by atoms with Crippen molar-refractivity contribution in [2.75, 3.05) is 5.75 Å². The van der Waals surface area contributed by atoms with E-state index in [2.05, 4.69) is 5.16 Å². The number of nitrogens with two attached hydrogens (primary N) is 1. The molecule has 0 aliphatic carbocycles. The largest absolute Gasteiger partial charge is 0.356 e. The van der Waals surface area contributed by atoms with E-state index in [1.54, 1.807) is 18.2 Å². The van der Waals surface area contributed by atoms with Gasteiger partial charge in [-0.05, 0) is 12.1 Å². The average molecular weight is 261 g/mol. The SMILES string of the molecule is NS(=O)(=O)CCc1noc2cc(Cl)ccc12. The molecule has 0 amide bonds. The Morgan fingerprint density at radius 1 is 1.44 bits per heavy atom. The van der Waals surface area contributed by atoms with Crippen LogP contribution in [0.15, 0.2) is 22.7 Å². The summed E-state index contributed by atoms with van der Waals surface area (Å²) < 4.78 is 26.7. The van der Waals surface area contributed by atoms with Crippen molar-refractivity contribution in [1.29, 1.82) is 0 Å². The van der Waals surface area contributed by atoms with E-state index in [1.165, 1.54) is 0 Å². The van der Waals surface area contributed by atoms with Gasteiger partial charge in [0.05, 0.1) is 11.4 Å². The van der Waals surface area contributed by atoms with Gasteiger partial charge in [0.2, 0.25) is 10.0 Å². The highest BCUT2D eigenvalue weighted by atomic mass is 35.5. The molecule has 0 saturated carbocycles. The van der Waals surface area contributed by atoms with E-state index < -0.39 is 10.0 Å². The predicted octanol–water partition coefficient (Wildman–Crippen LogP) is 1.31. The van der Waals surface area contributed by atoms with E-state index in [0.29, 0.717) is 16.3 Å². The molecule has 1 aromatic carbocycles. The minimum absolute atomic E-state index is 0.155. The lowest BCUT2D eigenvalue weighted by Crippen LogP contribution is -2.18. The van der Waals surface area contributed by atoms with E-state index in [0.717, 1.165) is 5.39 Å². The molecular weight excluding hydrogens is 252 g/mol. The molecule has 0 spiro atoms. The highest BCUT2D eigenvalue weighted by molar-refractivity contribution is 7.89. The number of hydrogen-bond acceptors (Lipinski definition) is 4. The van der Waals surface area contributed by atoms with Crippen LogP contribution in [0, 0.1) is 0 Å². The van der Waals surface area contributed by atoms with E-state index in [-0.39, 0.29) is 12.2 Å². The van der Waals surface area contributed by atoms with Crippen LogP contribution < -0.4 is 5.14 Å². The third-order valence-electron chi connectivity index (χ3n) is 2.13. The summed E-state index contributed by atoms with van der Waals surface area (Å²) in [5, 5.41) is 10.00. The van der Waals surface area contributed by atoms with Crippen molar-refractivity contribution in [2.24, 2.45) is 5.14 Å². The van der Waals surface area contributed by atoms with Crippen LogP contribution in [-0.2, 0) is 16.4 Å². The zero-order chi connectivity index (χ0) is 11.8. The maximum Gasteiger partial charge on any atom is 0.209 e. The zero-order valence-corrected chi connectivity index (χ0v) is 9.75. The van der Waals surface area contributed by atoms with Crippen LogP contribution in [0.4, 0.5) is 0 Å². The number of benzene rings is 1. The molecule has 0 saturated heterocycles. The predicted molar refractivity (Wildman–Crippen MR) is 60.7 cm³/mol. The Balaban J connectivity index is 2.32. The van der Waals surface area contributed by atoms with Crippen LogP contribution >= 0.6 is 11.6 Å². The molecule has 2 aromatic rings. The van der Waals surface area contributed by atoms with Crippen molar-refractivity contribution < 1.29 is 12.9 Å². The lowest BCUT2D eigenvalue weighted by atomic mass is 10.2. The van der Waals surface area contributed by atoms with Crippen LogP contribution in [-0.4, -0.2) is 19.3 Å². The molecule has 0 fully saturated rings. The van der Waals surface area contributed by atoms with Crippen molar-refractivity contribution in [3.63, 3.8) is 0 Å². The first-order valence-electron chi connectivity index (χ1n) is 4.50. The summed E-state index contributed by atoms with van der Waals surface area (Å²) in [4.78, 5) is 0. The maximum absolute atomic E-state index is 10.8. The molecule has 7 heteroatoms. The number of primary sulfonamides is 1. The fraction of sp³-hybridized carbons (Fsp3) is 0.222. The molecule has 0 atom stereocenters. The quantitative estimate of drug-likeness (QED) is 0.902. The molecule has 0 aliphatic heterocycles. The number of fused-ring (bicyclic) bond motifs is 1. The van der Waals surface area contributed by atoms with Gasteiger partial charge in [-0.25, -0.2) is 13.6 Å². The number of aryl methyl sites for hydroxylation is 1. The van der Waals surface area contributed by atoms with Crippen molar-refractivity contribution in [1.82, 2.24) is 5.16 Å². The van der Waals surface area contributed by atoms with Gasteiger partial charge >= 0.3 is 0 Å². The van der Waals surface area contributed by atoms with Crippen molar-refractivity contribution in [3.8, 4) is 0 Å². The molecule has 1 aromatic heterocycles. The maximum atomic E-state index is 10.8. The minimum atomic E-state index is -3.48. The normalized spacial score (nSPS) is 12.1. The molecule has 16 heavy (non-hydrogen) atoms. The molecule has 2 rings (SSSR count). The average Bonchev–Trinajstić information content (AvgIpc) is 2.56. The van der Waals surface area contributed by atoms with Gasteiger partial charge in [0.25, 0.3) is 0 Å². The van der Waals surface area contributed by atoms with Crippen molar-refractivity contribution >= 4 is 32.6 Å². The van der Waals surface area contributed by atoms with Crippen LogP contribution in [0.5, 0.6) is 0 Å². The first-order valence-corrected chi connectivity index (χ1v) is 6.59. The second-order valence-electron chi connectivity index (χ2n) is 3.39. The molecular formula is C9H9ClN2O3S. The van der Waals surface area contributed by atoms with Gasteiger partial charge in [0.15, 0.2) is 5.58 Å². The molecule has 0 radical (unpaired) electrons. The Morgan fingerprint density at radius 3 is 2.88 bits per heavy atom. The Morgan fingerprint density at radius 2 is 2.19 bits per heavy atom. The van der Waals surface area contributed by atoms with Gasteiger partial charge in [-0.2, -0.15) is 0 Å². The van der Waals surface area contributed by atoms with E-state index in [1.807, 2.05) is 0 Å². The summed E-state index contributed by atoms with van der Waals surface area (Å²) in [6.07, 6.45) is 0.230. The van der Waals surface area contributed by atoms with Crippen LogP contribution in [0.25, 0.3) is 11.0 Å². The minimum Gasteiger partial charge on any atom is -0.356 e. The summed E-state index contributed by atoms with van der Waals surface area (Å²) in [5.41, 5.74) is 1.11. The fourth-order valence-electron chi connectivity index (χ4n) is 1.38. The Kier molecular flexibility index (Phi) is 2.88. The smallest absolute Gasteiger partial charge is 0.209 e. The van der Waals surface area contributed by atoms with Gasteiger partial charge in [0.1, 0.15) is 0 Å². The summed E-state index contributed by atoms with van der Waals surface area (Å²) in [6, 6.07) is 5.07. The van der Waals surface area contributed by atoms with Gasteiger partial charge < -0.3 is 4.52 Å². The number of halogens is 1. The summed E-state index contributed by atoms with van der Waals surface area (Å²) >= 11 is 5.77. The molecule has 0 aliphatic rings. The molecule has 0 unspecified atom stereocenters. The van der Waals surface area contributed by atoms with Crippen molar-refractivity contribution in [3.05, 3.63) is 28.9 Å². The van der Waals surface area contributed by atoms with E-state index in [4.69, 9.17) is 21.3 Å². The first-order chi connectivity index (χ1) is 7.46. The highest BCUT2D eigenvalue weighted by Gasteiger charge is 2.11. The van der Waals surface area contributed by atoms with E-state index in [9.17, 15) is 8.42 Å². The summed E-state index contributed by atoms with van der Waals surface area (Å²) in [5.74, 6) is -0.155. The van der Waals surface area contributed by atoms with Gasteiger partial charge in [-0.15, -0.1) is 0 Å². The number of sulfonamides is 1. The van der Waals surface area contributed by atoms with Crippen LogP contribution in [0.2, 0.25) is 5.02 Å². The standard InChI is InChI=1S/C9H9ClN2O3S/c10-6-1-2-7-8(3-4-16(11,13)14)12-15-9(7)5-6/h1-2,5H,3-4H2,(H2,11,13,14). The molecule has 1 heterocycles.